The van der Waals surface area contributed by atoms with Gasteiger partial charge in [-0.05, 0) is 18.2 Å². The molecule has 16 heavy (non-hydrogen) atoms. The van der Waals surface area contributed by atoms with Crippen LogP contribution in [0.2, 0.25) is 0 Å². The molecule has 0 aliphatic carbocycles. The predicted octanol–water partition coefficient (Wildman–Crippen LogP) is 1.20. The first-order valence-electron chi connectivity index (χ1n) is 5.25. The van der Waals surface area contributed by atoms with Crippen LogP contribution in [0.5, 0.6) is 0 Å². The van der Waals surface area contributed by atoms with Gasteiger partial charge < -0.3 is 15.6 Å². The molecule has 0 spiro atoms. The third-order valence-electron chi connectivity index (χ3n) is 2.64. The molecule has 2 rings (SSSR count). The van der Waals surface area contributed by atoms with Gasteiger partial charge >= 0.3 is 0 Å². The Balaban J connectivity index is 2.39. The van der Waals surface area contributed by atoms with Crippen LogP contribution in [0.15, 0.2) is 30.5 Å². The van der Waals surface area contributed by atoms with Crippen molar-refractivity contribution in [1.82, 2.24) is 9.88 Å². The summed E-state index contributed by atoms with van der Waals surface area (Å²) in [6.45, 7) is 1.05. The number of amides is 1. The first-order valence-corrected chi connectivity index (χ1v) is 5.25. The number of H-pyrrole nitrogens is 1. The van der Waals surface area contributed by atoms with Gasteiger partial charge in [0.2, 0.25) is 0 Å². The van der Waals surface area contributed by atoms with Crippen LogP contribution in [0.3, 0.4) is 0 Å². The molecule has 0 unspecified atom stereocenters. The summed E-state index contributed by atoms with van der Waals surface area (Å²) in [4.78, 5) is 16.8. The highest BCUT2D eigenvalue weighted by atomic mass is 16.2. The van der Waals surface area contributed by atoms with Gasteiger partial charge in [-0.2, -0.15) is 0 Å². The number of nitrogens with one attached hydrogen (secondary N) is 1. The Morgan fingerprint density at radius 1 is 1.44 bits per heavy atom. The number of hydrogen-bond donors (Lipinski definition) is 2. The zero-order valence-corrected chi connectivity index (χ0v) is 9.23. The molecule has 0 saturated carbocycles. The van der Waals surface area contributed by atoms with Crippen molar-refractivity contribution >= 4 is 16.8 Å². The second-order valence-electron chi connectivity index (χ2n) is 3.76. The number of benzene rings is 1. The second-order valence-corrected chi connectivity index (χ2v) is 3.76. The van der Waals surface area contributed by atoms with Gasteiger partial charge in [0.05, 0.1) is 0 Å². The van der Waals surface area contributed by atoms with Gasteiger partial charge in [-0.3, -0.25) is 4.79 Å². The van der Waals surface area contributed by atoms with E-state index in [1.54, 1.807) is 11.9 Å². The molecular weight excluding hydrogens is 202 g/mol. The zero-order chi connectivity index (χ0) is 11.5. The molecule has 2 aromatic rings. The molecule has 3 N–H and O–H groups in total. The van der Waals surface area contributed by atoms with E-state index in [-0.39, 0.29) is 5.91 Å². The first kappa shape index (κ1) is 10.7. The van der Waals surface area contributed by atoms with Crippen molar-refractivity contribution in [3.8, 4) is 0 Å². The lowest BCUT2D eigenvalue weighted by Gasteiger charge is -2.16. The lowest BCUT2D eigenvalue weighted by molar-refractivity contribution is 0.0801. The molecule has 0 fully saturated rings. The van der Waals surface area contributed by atoms with Gasteiger partial charge in [-0.15, -0.1) is 0 Å². The fraction of sp³-hybridized carbons (Fsp3) is 0.250. The lowest BCUT2D eigenvalue weighted by Crippen LogP contribution is -2.31. The number of rotatable bonds is 3. The number of likely N-dealkylation sites (N-methyl/N-ethyl adjacent to an activating group) is 1. The number of carbonyl (C=O) groups excluding carboxylic acids is 1. The summed E-state index contributed by atoms with van der Waals surface area (Å²) in [6, 6.07) is 7.59. The van der Waals surface area contributed by atoms with Crippen molar-refractivity contribution < 1.29 is 4.79 Å². The Labute approximate surface area is 94.0 Å². The lowest BCUT2D eigenvalue weighted by atomic mass is 10.1. The van der Waals surface area contributed by atoms with Crippen molar-refractivity contribution in [2.45, 2.75) is 0 Å². The average Bonchev–Trinajstić information content (AvgIpc) is 2.76. The molecule has 1 amide bonds. The zero-order valence-electron chi connectivity index (χ0n) is 9.23. The molecule has 4 heteroatoms. The molecule has 0 atom stereocenters. The maximum atomic E-state index is 12.1. The largest absolute Gasteiger partial charge is 0.361 e. The fourth-order valence-electron chi connectivity index (χ4n) is 1.77. The summed E-state index contributed by atoms with van der Waals surface area (Å²) in [5, 5.41) is 0.955. The Morgan fingerprint density at radius 2 is 2.25 bits per heavy atom. The van der Waals surface area contributed by atoms with Crippen LogP contribution in [0.25, 0.3) is 10.9 Å². The highest BCUT2D eigenvalue weighted by molar-refractivity contribution is 6.06. The SMILES string of the molecule is CN(CCN)C(=O)c1cccc2[nH]ccc12. The van der Waals surface area contributed by atoms with Gasteiger partial charge in [0, 0.05) is 42.8 Å². The molecule has 0 aliphatic heterocycles. The molecular formula is C12H15N3O. The van der Waals surface area contributed by atoms with E-state index in [0.29, 0.717) is 13.1 Å². The van der Waals surface area contributed by atoms with Crippen molar-refractivity contribution in [3.63, 3.8) is 0 Å². The van der Waals surface area contributed by atoms with Crippen LogP contribution in [-0.2, 0) is 0 Å². The van der Waals surface area contributed by atoms with E-state index in [1.807, 2.05) is 30.5 Å². The van der Waals surface area contributed by atoms with Gasteiger partial charge in [0.15, 0.2) is 0 Å². The van der Waals surface area contributed by atoms with Crippen LogP contribution >= 0.6 is 0 Å². The minimum atomic E-state index is 0.00986. The van der Waals surface area contributed by atoms with Gasteiger partial charge in [-0.1, -0.05) is 6.07 Å². The summed E-state index contributed by atoms with van der Waals surface area (Å²) >= 11 is 0. The van der Waals surface area contributed by atoms with E-state index in [2.05, 4.69) is 4.98 Å². The molecule has 1 aromatic heterocycles. The number of nitrogens with two attached hydrogens (primary N) is 1. The summed E-state index contributed by atoms with van der Waals surface area (Å²) in [5.41, 5.74) is 7.13. The highest BCUT2D eigenvalue weighted by Gasteiger charge is 2.13. The van der Waals surface area contributed by atoms with E-state index in [9.17, 15) is 4.79 Å². The van der Waals surface area contributed by atoms with Gasteiger partial charge in [0.1, 0.15) is 0 Å². The van der Waals surface area contributed by atoms with Crippen molar-refractivity contribution in [3.05, 3.63) is 36.0 Å². The normalized spacial score (nSPS) is 10.6. The third kappa shape index (κ3) is 1.79. The van der Waals surface area contributed by atoms with Gasteiger partial charge in [0.25, 0.3) is 5.91 Å². The Bertz CT molecular complexity index is 504. The molecule has 1 aromatic carbocycles. The fourth-order valence-corrected chi connectivity index (χ4v) is 1.77. The van der Waals surface area contributed by atoms with Crippen LogP contribution in [0, 0.1) is 0 Å². The molecule has 4 nitrogen and oxygen atoms in total. The van der Waals surface area contributed by atoms with Crippen LogP contribution < -0.4 is 5.73 Å². The topological polar surface area (TPSA) is 62.1 Å². The number of hydrogen-bond acceptors (Lipinski definition) is 2. The number of carbonyl (C=O) groups is 1. The number of fused-ring (bicyclic) bond motifs is 1. The maximum Gasteiger partial charge on any atom is 0.254 e. The Hall–Kier alpha value is -1.81. The molecule has 0 saturated heterocycles. The number of aromatic nitrogens is 1. The van der Waals surface area contributed by atoms with Crippen LogP contribution in [0.4, 0.5) is 0 Å². The van der Waals surface area contributed by atoms with E-state index in [4.69, 9.17) is 5.73 Å². The number of aromatic amines is 1. The monoisotopic (exact) mass is 217 g/mol. The summed E-state index contributed by atoms with van der Waals surface area (Å²) in [7, 11) is 1.76. The minimum absolute atomic E-state index is 0.00986. The molecule has 0 aliphatic rings. The quantitative estimate of drug-likeness (QED) is 0.811. The Kier molecular flexibility index (Phi) is 2.92. The smallest absolute Gasteiger partial charge is 0.254 e. The summed E-state index contributed by atoms with van der Waals surface area (Å²) < 4.78 is 0. The van der Waals surface area contributed by atoms with E-state index in [0.717, 1.165) is 16.5 Å². The third-order valence-corrected chi connectivity index (χ3v) is 2.64. The molecule has 84 valence electrons. The standard InChI is InChI=1S/C12H15N3O/c1-15(8-6-13)12(16)10-3-2-4-11-9(10)5-7-14-11/h2-5,7,14H,6,8,13H2,1H3. The molecule has 0 radical (unpaired) electrons. The maximum absolute atomic E-state index is 12.1. The first-order chi connectivity index (χ1) is 7.74. The molecule has 0 bridgehead atoms. The minimum Gasteiger partial charge on any atom is -0.361 e. The van der Waals surface area contributed by atoms with Crippen molar-refractivity contribution in [2.24, 2.45) is 5.73 Å². The summed E-state index contributed by atoms with van der Waals surface area (Å²) in [5.74, 6) is 0.00986. The van der Waals surface area contributed by atoms with E-state index >= 15 is 0 Å². The second kappa shape index (κ2) is 4.37. The van der Waals surface area contributed by atoms with Crippen molar-refractivity contribution in [2.75, 3.05) is 20.1 Å². The van der Waals surface area contributed by atoms with E-state index in [1.165, 1.54) is 0 Å². The predicted molar refractivity (Wildman–Crippen MR) is 64.3 cm³/mol. The van der Waals surface area contributed by atoms with E-state index < -0.39 is 0 Å². The van der Waals surface area contributed by atoms with Crippen LogP contribution in [0.1, 0.15) is 10.4 Å². The summed E-state index contributed by atoms with van der Waals surface area (Å²) in [6.07, 6.45) is 1.84. The van der Waals surface area contributed by atoms with Gasteiger partial charge in [-0.25, -0.2) is 0 Å². The van der Waals surface area contributed by atoms with Crippen molar-refractivity contribution in [1.29, 1.82) is 0 Å². The highest BCUT2D eigenvalue weighted by Crippen LogP contribution is 2.18. The van der Waals surface area contributed by atoms with Crippen LogP contribution in [-0.4, -0.2) is 35.9 Å². The Morgan fingerprint density at radius 3 is 3.00 bits per heavy atom. The average molecular weight is 217 g/mol. The number of nitrogens with zero attached hydrogens (tertiary/aromatic N) is 1. The molecule has 1 heterocycles.